The highest BCUT2D eigenvalue weighted by atomic mass is 16.5. The number of benzene rings is 2. The number of hydrogen-bond donors (Lipinski definition) is 1. The number of carbonyl (C=O) groups excluding carboxylic acids is 2. The van der Waals surface area contributed by atoms with Gasteiger partial charge in [-0.15, -0.1) is 0 Å². The molecule has 4 rings (SSSR count). The van der Waals surface area contributed by atoms with Gasteiger partial charge in [0.05, 0.1) is 18.5 Å². The summed E-state index contributed by atoms with van der Waals surface area (Å²) in [7, 11) is 1.55. The molecule has 0 spiro atoms. The molecule has 1 saturated heterocycles. The zero-order valence-corrected chi connectivity index (χ0v) is 15.5. The lowest BCUT2D eigenvalue weighted by molar-refractivity contribution is -0.117. The van der Waals surface area contributed by atoms with E-state index >= 15 is 0 Å². The molecule has 1 aromatic heterocycles. The van der Waals surface area contributed by atoms with Crippen LogP contribution in [0.15, 0.2) is 60.9 Å². The Kier molecular flexibility index (Phi) is 4.80. The van der Waals surface area contributed by atoms with Crippen LogP contribution in [0.4, 0.5) is 11.4 Å². The number of nitrogens with zero attached hydrogens (tertiary/aromatic N) is 3. The minimum Gasteiger partial charge on any atom is -0.494 e. The number of aromatic nitrogens is 2. The van der Waals surface area contributed by atoms with E-state index in [0.717, 1.165) is 17.8 Å². The SMILES string of the molecule is COc1cc(NC(=O)c2ccc(-n3cccn3)cc2)ccc1N1CCCC1=O. The van der Waals surface area contributed by atoms with Crippen molar-refractivity contribution in [1.82, 2.24) is 9.78 Å². The van der Waals surface area contributed by atoms with E-state index in [0.29, 0.717) is 30.0 Å². The van der Waals surface area contributed by atoms with Crippen molar-refractivity contribution in [2.24, 2.45) is 0 Å². The first-order valence-corrected chi connectivity index (χ1v) is 9.05. The molecule has 0 radical (unpaired) electrons. The summed E-state index contributed by atoms with van der Waals surface area (Å²) in [6, 6.07) is 14.3. The molecule has 1 fully saturated rings. The monoisotopic (exact) mass is 376 g/mol. The summed E-state index contributed by atoms with van der Waals surface area (Å²) in [6.07, 6.45) is 4.94. The number of methoxy groups -OCH3 is 1. The van der Waals surface area contributed by atoms with Crippen LogP contribution >= 0.6 is 0 Å². The molecule has 3 aromatic rings. The lowest BCUT2D eigenvalue weighted by Crippen LogP contribution is -2.24. The number of carbonyl (C=O) groups is 2. The molecule has 1 aliphatic heterocycles. The summed E-state index contributed by atoms with van der Waals surface area (Å²) in [5.41, 5.74) is 2.75. The molecule has 1 N–H and O–H groups in total. The number of anilines is 2. The number of nitrogens with one attached hydrogen (secondary N) is 1. The zero-order valence-electron chi connectivity index (χ0n) is 15.5. The smallest absolute Gasteiger partial charge is 0.255 e. The van der Waals surface area contributed by atoms with Crippen molar-refractivity contribution in [3.05, 3.63) is 66.5 Å². The summed E-state index contributed by atoms with van der Waals surface area (Å²) in [4.78, 5) is 26.3. The van der Waals surface area contributed by atoms with Gasteiger partial charge in [0.2, 0.25) is 5.91 Å². The molecule has 0 bridgehead atoms. The van der Waals surface area contributed by atoms with Crippen LogP contribution in [0.1, 0.15) is 23.2 Å². The van der Waals surface area contributed by atoms with E-state index in [1.807, 2.05) is 24.4 Å². The molecule has 2 aromatic carbocycles. The standard InChI is InChI=1S/C21H20N4O3/c1-28-19-14-16(7-10-18(19)24-12-2-4-20(24)26)23-21(27)15-5-8-17(9-6-15)25-13-3-11-22-25/h3,5-11,13-14H,2,4,12H2,1H3,(H,23,27). The van der Waals surface area contributed by atoms with Crippen LogP contribution in [0.3, 0.4) is 0 Å². The first-order chi connectivity index (χ1) is 13.7. The van der Waals surface area contributed by atoms with E-state index in [4.69, 9.17) is 4.74 Å². The first kappa shape index (κ1) is 17.8. The highest BCUT2D eigenvalue weighted by molar-refractivity contribution is 6.05. The van der Waals surface area contributed by atoms with Crippen LogP contribution in [0, 0.1) is 0 Å². The highest BCUT2D eigenvalue weighted by Crippen LogP contribution is 2.34. The van der Waals surface area contributed by atoms with E-state index in [-0.39, 0.29) is 11.8 Å². The third-order valence-electron chi connectivity index (χ3n) is 4.70. The summed E-state index contributed by atoms with van der Waals surface area (Å²) in [5.74, 6) is 0.425. The van der Waals surface area contributed by atoms with Gasteiger partial charge in [0.1, 0.15) is 5.75 Å². The number of amides is 2. The Morgan fingerprint density at radius 1 is 1.18 bits per heavy atom. The molecular formula is C21H20N4O3. The van der Waals surface area contributed by atoms with E-state index in [1.54, 1.807) is 53.2 Å². The Balaban J connectivity index is 1.50. The van der Waals surface area contributed by atoms with Gasteiger partial charge < -0.3 is 15.0 Å². The van der Waals surface area contributed by atoms with Gasteiger partial charge in [-0.05, 0) is 48.9 Å². The van der Waals surface area contributed by atoms with Crippen LogP contribution in [0.5, 0.6) is 5.75 Å². The van der Waals surface area contributed by atoms with Crippen molar-refractivity contribution >= 4 is 23.2 Å². The van der Waals surface area contributed by atoms with Gasteiger partial charge in [0, 0.05) is 42.7 Å². The van der Waals surface area contributed by atoms with Gasteiger partial charge >= 0.3 is 0 Å². The number of hydrogen-bond acceptors (Lipinski definition) is 4. The fraction of sp³-hybridized carbons (Fsp3) is 0.190. The van der Waals surface area contributed by atoms with Crippen molar-refractivity contribution in [2.75, 3.05) is 23.9 Å². The summed E-state index contributed by atoms with van der Waals surface area (Å²) in [5, 5.41) is 7.04. The third kappa shape index (κ3) is 3.46. The molecule has 1 aliphatic rings. The third-order valence-corrected chi connectivity index (χ3v) is 4.70. The molecule has 28 heavy (non-hydrogen) atoms. The van der Waals surface area contributed by atoms with Gasteiger partial charge in [0.25, 0.3) is 5.91 Å². The molecule has 0 atom stereocenters. The Labute approximate surface area is 162 Å². The van der Waals surface area contributed by atoms with Crippen LogP contribution in [0.25, 0.3) is 5.69 Å². The maximum atomic E-state index is 12.6. The van der Waals surface area contributed by atoms with Gasteiger partial charge in [-0.2, -0.15) is 5.10 Å². The molecule has 7 nitrogen and oxygen atoms in total. The average molecular weight is 376 g/mol. The van der Waals surface area contributed by atoms with Crippen molar-refractivity contribution in [2.45, 2.75) is 12.8 Å². The second-order valence-corrected chi connectivity index (χ2v) is 6.49. The predicted molar refractivity (Wildman–Crippen MR) is 106 cm³/mol. The van der Waals surface area contributed by atoms with Gasteiger partial charge in [-0.1, -0.05) is 0 Å². The maximum Gasteiger partial charge on any atom is 0.255 e. The quantitative estimate of drug-likeness (QED) is 0.742. The molecular weight excluding hydrogens is 356 g/mol. The van der Waals surface area contributed by atoms with Crippen molar-refractivity contribution in [3.63, 3.8) is 0 Å². The van der Waals surface area contributed by atoms with Gasteiger partial charge in [-0.25, -0.2) is 4.68 Å². The molecule has 2 amide bonds. The number of ether oxygens (including phenoxy) is 1. The highest BCUT2D eigenvalue weighted by Gasteiger charge is 2.24. The summed E-state index contributed by atoms with van der Waals surface area (Å²) >= 11 is 0. The molecule has 0 saturated carbocycles. The maximum absolute atomic E-state index is 12.6. The fourth-order valence-corrected chi connectivity index (χ4v) is 3.27. The molecule has 0 aliphatic carbocycles. The van der Waals surface area contributed by atoms with Gasteiger partial charge in [-0.3, -0.25) is 9.59 Å². The molecule has 142 valence electrons. The first-order valence-electron chi connectivity index (χ1n) is 9.05. The molecule has 7 heteroatoms. The fourth-order valence-electron chi connectivity index (χ4n) is 3.27. The second-order valence-electron chi connectivity index (χ2n) is 6.49. The minimum absolute atomic E-state index is 0.0901. The molecule has 0 unspecified atom stereocenters. The van der Waals surface area contributed by atoms with E-state index < -0.39 is 0 Å². The largest absolute Gasteiger partial charge is 0.494 e. The topological polar surface area (TPSA) is 76.5 Å². The normalized spacial score (nSPS) is 13.6. The van der Waals surface area contributed by atoms with Crippen molar-refractivity contribution in [3.8, 4) is 11.4 Å². The van der Waals surface area contributed by atoms with Crippen LogP contribution in [-0.4, -0.2) is 35.2 Å². The lowest BCUT2D eigenvalue weighted by atomic mass is 10.1. The van der Waals surface area contributed by atoms with Crippen molar-refractivity contribution < 1.29 is 14.3 Å². The predicted octanol–water partition coefficient (Wildman–Crippen LogP) is 3.26. The Bertz CT molecular complexity index is 997. The average Bonchev–Trinajstić information content (AvgIpc) is 3.40. The Morgan fingerprint density at radius 2 is 2.00 bits per heavy atom. The zero-order chi connectivity index (χ0) is 19.5. The van der Waals surface area contributed by atoms with Crippen LogP contribution in [0.2, 0.25) is 0 Å². The van der Waals surface area contributed by atoms with E-state index in [2.05, 4.69) is 10.4 Å². The molecule has 2 heterocycles. The van der Waals surface area contributed by atoms with E-state index in [1.165, 1.54) is 0 Å². The van der Waals surface area contributed by atoms with Gasteiger partial charge in [0.15, 0.2) is 0 Å². The lowest BCUT2D eigenvalue weighted by Gasteiger charge is -2.19. The van der Waals surface area contributed by atoms with Crippen molar-refractivity contribution in [1.29, 1.82) is 0 Å². The summed E-state index contributed by atoms with van der Waals surface area (Å²) < 4.78 is 7.16. The van der Waals surface area contributed by atoms with Crippen LogP contribution < -0.4 is 15.0 Å². The Morgan fingerprint density at radius 3 is 2.64 bits per heavy atom. The minimum atomic E-state index is -0.223. The van der Waals surface area contributed by atoms with E-state index in [9.17, 15) is 9.59 Å². The summed E-state index contributed by atoms with van der Waals surface area (Å²) in [6.45, 7) is 0.684. The Hall–Kier alpha value is -3.61. The number of rotatable bonds is 5. The second kappa shape index (κ2) is 7.56. The van der Waals surface area contributed by atoms with Crippen LogP contribution in [-0.2, 0) is 4.79 Å².